The lowest BCUT2D eigenvalue weighted by Crippen LogP contribution is -2.02. The minimum Gasteiger partial charge on any atom is -0.368 e. The number of hydrogen-bond acceptors (Lipinski definition) is 4. The lowest BCUT2D eigenvalue weighted by molar-refractivity contribution is -0.0472. The first-order valence-corrected chi connectivity index (χ1v) is 12.3. The Morgan fingerprint density at radius 1 is 0.367 bits per heavy atom. The van der Waals surface area contributed by atoms with Gasteiger partial charge < -0.3 is 20.4 Å². The van der Waals surface area contributed by atoms with E-state index in [1.807, 2.05) is 0 Å². The highest BCUT2D eigenvalue weighted by Crippen LogP contribution is 2.11. The van der Waals surface area contributed by atoms with Crippen molar-refractivity contribution in [1.29, 1.82) is 0 Å². The fraction of sp³-hybridized carbons (Fsp3) is 1.00. The van der Waals surface area contributed by atoms with E-state index in [4.69, 9.17) is 20.4 Å². The van der Waals surface area contributed by atoms with E-state index in [9.17, 15) is 0 Å². The number of aliphatic hydroxyl groups excluding tert-OH is 2. The van der Waals surface area contributed by atoms with Crippen LogP contribution < -0.4 is 0 Å². The summed E-state index contributed by atoms with van der Waals surface area (Å²) in [7, 11) is 0. The summed E-state index contributed by atoms with van der Waals surface area (Å²) in [5.41, 5.74) is 0. The summed E-state index contributed by atoms with van der Waals surface area (Å²) in [6.07, 6.45) is 21.8. The number of rotatable bonds is 20. The molecule has 0 saturated carbocycles. The third kappa shape index (κ3) is 42.5. The van der Waals surface area contributed by atoms with Crippen molar-refractivity contribution in [1.82, 2.24) is 0 Å². The fourth-order valence-corrected chi connectivity index (χ4v) is 3.28. The second-order valence-electron chi connectivity index (χ2n) is 8.20. The van der Waals surface area contributed by atoms with E-state index in [-0.39, 0.29) is 24.8 Å². The van der Waals surface area contributed by atoms with E-state index >= 15 is 0 Å². The monoisotopic (exact) mass is 476 g/mol. The Balaban J connectivity index is -0.000000211. The highest BCUT2D eigenvalue weighted by atomic mass is 35.5. The zero-order valence-corrected chi connectivity index (χ0v) is 21.5. The molecule has 188 valence electrons. The van der Waals surface area contributed by atoms with Crippen LogP contribution in [-0.2, 0) is 0 Å². The molecule has 0 saturated heterocycles. The van der Waals surface area contributed by atoms with Crippen LogP contribution in [0.15, 0.2) is 0 Å². The Labute approximate surface area is 200 Å². The van der Waals surface area contributed by atoms with E-state index in [1.165, 1.54) is 89.9 Å². The summed E-state index contributed by atoms with van der Waals surface area (Å²) < 4.78 is 0. The van der Waals surface area contributed by atoms with Crippen LogP contribution >= 0.6 is 24.8 Å². The van der Waals surface area contributed by atoms with Crippen LogP contribution in [0.3, 0.4) is 0 Å². The molecule has 0 atom stereocenters. The van der Waals surface area contributed by atoms with Gasteiger partial charge in [-0.05, 0) is 25.7 Å². The first-order chi connectivity index (χ1) is 13.5. The molecule has 0 aliphatic heterocycles. The van der Waals surface area contributed by atoms with Crippen molar-refractivity contribution in [3.63, 3.8) is 0 Å². The van der Waals surface area contributed by atoms with Crippen molar-refractivity contribution < 1.29 is 20.4 Å². The molecule has 0 heterocycles. The van der Waals surface area contributed by atoms with Crippen LogP contribution in [0.4, 0.5) is 0 Å². The normalized spacial score (nSPS) is 10.4. The minimum absolute atomic E-state index is 0. The van der Waals surface area contributed by atoms with Crippen molar-refractivity contribution in [2.45, 2.75) is 155 Å². The molecule has 0 unspecified atom stereocenters. The standard InChI is InChI=1S/2C12H26O2.2ClH/c2*1-2-3-4-5-6-7-8-9-10-11-12(13)14;;/h2*12-14H,2-11H2,1H3;2*1H. The number of aliphatic hydroxyl groups is 4. The molecule has 6 heteroatoms. The highest BCUT2D eigenvalue weighted by molar-refractivity contribution is 5.85. The Kier molecular flexibility index (Phi) is 42.8. The van der Waals surface area contributed by atoms with Crippen molar-refractivity contribution in [3.8, 4) is 0 Å². The number of halogens is 2. The number of unbranched alkanes of at least 4 members (excludes halogenated alkanes) is 16. The van der Waals surface area contributed by atoms with Gasteiger partial charge in [0.2, 0.25) is 0 Å². The van der Waals surface area contributed by atoms with E-state index < -0.39 is 12.6 Å². The summed E-state index contributed by atoms with van der Waals surface area (Å²) >= 11 is 0. The maximum absolute atomic E-state index is 8.61. The highest BCUT2D eigenvalue weighted by Gasteiger charge is 1.97. The third-order valence-electron chi connectivity index (χ3n) is 5.13. The first-order valence-electron chi connectivity index (χ1n) is 12.3. The molecule has 0 amide bonds. The summed E-state index contributed by atoms with van der Waals surface area (Å²) in [5.74, 6) is 0. The van der Waals surface area contributed by atoms with Crippen molar-refractivity contribution >= 4 is 24.8 Å². The Morgan fingerprint density at radius 2 is 0.567 bits per heavy atom. The van der Waals surface area contributed by atoms with Crippen molar-refractivity contribution in [3.05, 3.63) is 0 Å². The van der Waals surface area contributed by atoms with Crippen LogP contribution in [0.25, 0.3) is 0 Å². The largest absolute Gasteiger partial charge is 0.368 e. The molecule has 30 heavy (non-hydrogen) atoms. The van der Waals surface area contributed by atoms with Gasteiger partial charge >= 0.3 is 0 Å². The molecule has 0 aliphatic carbocycles. The average molecular weight is 478 g/mol. The van der Waals surface area contributed by atoms with Crippen LogP contribution in [0.2, 0.25) is 0 Å². The van der Waals surface area contributed by atoms with Crippen LogP contribution in [-0.4, -0.2) is 33.0 Å². The van der Waals surface area contributed by atoms with Gasteiger partial charge in [0, 0.05) is 0 Å². The van der Waals surface area contributed by atoms with Crippen LogP contribution in [0.5, 0.6) is 0 Å². The predicted molar refractivity (Wildman–Crippen MR) is 135 cm³/mol. The van der Waals surface area contributed by atoms with Gasteiger partial charge in [-0.3, -0.25) is 0 Å². The molecule has 0 rings (SSSR count). The Bertz CT molecular complexity index is 242. The van der Waals surface area contributed by atoms with Gasteiger partial charge in [0.15, 0.2) is 12.6 Å². The smallest absolute Gasteiger partial charge is 0.151 e. The maximum Gasteiger partial charge on any atom is 0.151 e. The molecule has 0 fully saturated rings. The number of hydrogen-bond donors (Lipinski definition) is 4. The molecular weight excluding hydrogens is 423 g/mol. The van der Waals surface area contributed by atoms with Gasteiger partial charge in [-0.15, -0.1) is 24.8 Å². The average Bonchev–Trinajstić information content (AvgIpc) is 2.65. The summed E-state index contributed by atoms with van der Waals surface area (Å²) in [6, 6.07) is 0. The van der Waals surface area contributed by atoms with Gasteiger partial charge in [0.25, 0.3) is 0 Å². The Morgan fingerprint density at radius 3 is 0.767 bits per heavy atom. The van der Waals surface area contributed by atoms with Gasteiger partial charge in [-0.2, -0.15) is 0 Å². The molecule has 0 aliphatic rings. The molecule has 0 spiro atoms. The lowest BCUT2D eigenvalue weighted by Gasteiger charge is -2.03. The van der Waals surface area contributed by atoms with Gasteiger partial charge in [-0.25, -0.2) is 0 Å². The minimum atomic E-state index is -1.10. The molecule has 0 aromatic carbocycles. The SMILES string of the molecule is CCCCCCCCCCCC(O)O.CCCCCCCCCCCC(O)O.Cl.Cl. The molecule has 4 nitrogen and oxygen atoms in total. The van der Waals surface area contributed by atoms with E-state index in [0.29, 0.717) is 12.8 Å². The van der Waals surface area contributed by atoms with Crippen molar-refractivity contribution in [2.24, 2.45) is 0 Å². The Hall–Kier alpha value is 0.420. The van der Waals surface area contributed by atoms with E-state index in [1.54, 1.807) is 0 Å². The molecule has 4 N–H and O–H groups in total. The molecule has 0 radical (unpaired) electrons. The topological polar surface area (TPSA) is 80.9 Å². The fourth-order valence-electron chi connectivity index (χ4n) is 3.28. The van der Waals surface area contributed by atoms with Crippen LogP contribution in [0.1, 0.15) is 142 Å². The second-order valence-corrected chi connectivity index (χ2v) is 8.20. The summed E-state index contributed by atoms with van der Waals surface area (Å²) in [6.45, 7) is 4.47. The summed E-state index contributed by atoms with van der Waals surface area (Å²) in [4.78, 5) is 0. The zero-order valence-electron chi connectivity index (χ0n) is 19.9. The van der Waals surface area contributed by atoms with Gasteiger partial charge in [-0.1, -0.05) is 117 Å². The molecule has 0 aromatic rings. The molecule has 0 bridgehead atoms. The quantitative estimate of drug-likeness (QED) is 0.110. The first kappa shape index (κ1) is 37.7. The van der Waals surface area contributed by atoms with Crippen LogP contribution in [0, 0.1) is 0 Å². The molecular formula is C24H54Cl2O4. The lowest BCUT2D eigenvalue weighted by atomic mass is 10.1. The summed E-state index contributed by atoms with van der Waals surface area (Å²) in [5, 5.41) is 34.4. The second kappa shape index (κ2) is 34.0. The third-order valence-corrected chi connectivity index (χ3v) is 5.13. The van der Waals surface area contributed by atoms with Gasteiger partial charge in [0.05, 0.1) is 0 Å². The predicted octanol–water partition coefficient (Wildman–Crippen LogP) is 7.28. The zero-order chi connectivity index (χ0) is 21.3. The maximum atomic E-state index is 8.61. The van der Waals surface area contributed by atoms with E-state index in [0.717, 1.165) is 25.7 Å². The van der Waals surface area contributed by atoms with Crippen molar-refractivity contribution in [2.75, 3.05) is 0 Å². The van der Waals surface area contributed by atoms with E-state index in [2.05, 4.69) is 13.8 Å². The molecule has 0 aromatic heterocycles. The van der Waals surface area contributed by atoms with Gasteiger partial charge in [0.1, 0.15) is 0 Å².